The number of carbonyl (C=O) groups is 1. The van der Waals surface area contributed by atoms with Gasteiger partial charge in [-0.1, -0.05) is 0 Å². The quantitative estimate of drug-likeness (QED) is 0.348. The largest absolute Gasteiger partial charge is 0.433 e. The van der Waals surface area contributed by atoms with E-state index in [1.165, 1.54) is 6.20 Å². The number of carbonyl (C=O) groups excluding carboxylic acids is 1. The van der Waals surface area contributed by atoms with Gasteiger partial charge in [-0.2, -0.15) is 23.5 Å². The molecule has 11 nitrogen and oxygen atoms in total. The number of H-pyrrole nitrogens is 1. The summed E-state index contributed by atoms with van der Waals surface area (Å²) in [4.78, 5) is 32.1. The van der Waals surface area contributed by atoms with Crippen molar-refractivity contribution in [2.45, 2.75) is 12.6 Å². The smallest absolute Gasteiger partial charge is 0.381 e. The van der Waals surface area contributed by atoms with Crippen LogP contribution in [0.5, 0.6) is 0 Å². The van der Waals surface area contributed by atoms with Crippen LogP contribution in [0.2, 0.25) is 0 Å². The van der Waals surface area contributed by atoms with Crippen LogP contribution in [0.25, 0.3) is 0 Å². The van der Waals surface area contributed by atoms with Gasteiger partial charge in [-0.25, -0.2) is 10.1 Å². The molecular formula is C21H23F3N8O3. The SMILES string of the molecule is N#Cc1ccc(N2CCN(C(=O)CCOCCNc3cn[nH]c(=O)c3C(=N)C(F)(F)F)CC2)nc1. The summed E-state index contributed by atoms with van der Waals surface area (Å²) in [6.45, 7) is 2.49. The van der Waals surface area contributed by atoms with Gasteiger partial charge in [-0.3, -0.25) is 15.0 Å². The van der Waals surface area contributed by atoms with E-state index in [0.717, 1.165) is 12.0 Å². The summed E-state index contributed by atoms with van der Waals surface area (Å²) in [5.41, 5.74) is -3.50. The Balaban J connectivity index is 1.37. The van der Waals surface area contributed by atoms with E-state index in [1.807, 2.05) is 16.1 Å². The highest BCUT2D eigenvalue weighted by Gasteiger charge is 2.38. The first-order valence-electron chi connectivity index (χ1n) is 10.6. The van der Waals surface area contributed by atoms with E-state index in [2.05, 4.69) is 15.4 Å². The number of ether oxygens (including phenoxy) is 1. The number of hydrogen-bond acceptors (Lipinski definition) is 9. The molecule has 3 rings (SSSR count). The van der Waals surface area contributed by atoms with E-state index in [9.17, 15) is 22.8 Å². The first-order valence-corrected chi connectivity index (χ1v) is 10.6. The van der Waals surface area contributed by atoms with Gasteiger partial charge in [0.25, 0.3) is 5.56 Å². The molecule has 35 heavy (non-hydrogen) atoms. The predicted octanol–water partition coefficient (Wildman–Crippen LogP) is 1.13. The molecule has 1 amide bonds. The molecule has 0 bridgehead atoms. The molecule has 0 unspecified atom stereocenters. The highest BCUT2D eigenvalue weighted by molar-refractivity contribution is 6.06. The molecule has 0 aromatic carbocycles. The number of hydrogen-bond donors (Lipinski definition) is 3. The van der Waals surface area contributed by atoms with E-state index < -0.39 is 23.0 Å². The summed E-state index contributed by atoms with van der Waals surface area (Å²) >= 11 is 0. The predicted molar refractivity (Wildman–Crippen MR) is 119 cm³/mol. The number of aromatic nitrogens is 3. The molecule has 1 aliphatic rings. The van der Waals surface area contributed by atoms with Crippen LogP contribution in [0, 0.1) is 16.7 Å². The summed E-state index contributed by atoms with van der Waals surface area (Å²) in [5.74, 6) is 0.668. The fourth-order valence-electron chi connectivity index (χ4n) is 3.42. The molecule has 3 N–H and O–H groups in total. The van der Waals surface area contributed by atoms with Gasteiger partial charge < -0.3 is 19.9 Å². The van der Waals surface area contributed by atoms with Crippen molar-refractivity contribution in [1.82, 2.24) is 20.1 Å². The molecule has 2 aromatic rings. The molecular weight excluding hydrogens is 469 g/mol. The minimum Gasteiger partial charge on any atom is -0.381 e. The summed E-state index contributed by atoms with van der Waals surface area (Å²) in [5, 5.41) is 24.0. The van der Waals surface area contributed by atoms with Gasteiger partial charge in [0.05, 0.1) is 42.6 Å². The van der Waals surface area contributed by atoms with Crippen molar-refractivity contribution in [2.75, 3.05) is 56.2 Å². The van der Waals surface area contributed by atoms with Crippen LogP contribution in [-0.4, -0.2) is 83.8 Å². The maximum Gasteiger partial charge on any atom is 0.433 e. The number of nitrogens with zero attached hydrogens (tertiary/aromatic N) is 5. The normalized spacial score (nSPS) is 13.9. The highest BCUT2D eigenvalue weighted by Crippen LogP contribution is 2.23. The second kappa shape index (κ2) is 11.4. The van der Waals surface area contributed by atoms with E-state index in [4.69, 9.17) is 15.4 Å². The zero-order valence-corrected chi connectivity index (χ0v) is 18.6. The van der Waals surface area contributed by atoms with Crippen LogP contribution in [0.4, 0.5) is 24.7 Å². The Kier molecular flexibility index (Phi) is 8.37. The lowest BCUT2D eigenvalue weighted by atomic mass is 10.1. The summed E-state index contributed by atoms with van der Waals surface area (Å²) in [6, 6.07) is 5.48. The van der Waals surface area contributed by atoms with Crippen LogP contribution in [-0.2, 0) is 9.53 Å². The average Bonchev–Trinajstić information content (AvgIpc) is 2.85. The van der Waals surface area contributed by atoms with Crippen molar-refractivity contribution in [3.8, 4) is 6.07 Å². The Labute approximate surface area is 198 Å². The van der Waals surface area contributed by atoms with Crippen LogP contribution < -0.4 is 15.8 Å². The molecule has 0 aliphatic carbocycles. The Bertz CT molecular complexity index is 1140. The van der Waals surface area contributed by atoms with Crippen LogP contribution in [0.1, 0.15) is 17.5 Å². The molecule has 2 aromatic heterocycles. The van der Waals surface area contributed by atoms with E-state index in [-0.39, 0.29) is 37.8 Å². The van der Waals surface area contributed by atoms with Crippen molar-refractivity contribution in [3.05, 3.63) is 46.0 Å². The van der Waals surface area contributed by atoms with Crippen LogP contribution in [0.3, 0.4) is 0 Å². The van der Waals surface area contributed by atoms with Gasteiger partial charge in [0.15, 0.2) is 5.71 Å². The van der Waals surface area contributed by atoms with Crippen molar-refractivity contribution >= 4 is 23.1 Å². The Morgan fingerprint density at radius 3 is 2.60 bits per heavy atom. The van der Waals surface area contributed by atoms with Crippen molar-refractivity contribution in [1.29, 1.82) is 10.7 Å². The Morgan fingerprint density at radius 2 is 1.97 bits per heavy atom. The summed E-state index contributed by atoms with van der Waals surface area (Å²) in [6.07, 6.45) is -2.34. The first kappa shape index (κ1) is 25.6. The van der Waals surface area contributed by atoms with E-state index >= 15 is 0 Å². The fraction of sp³-hybridized carbons (Fsp3) is 0.429. The lowest BCUT2D eigenvalue weighted by Gasteiger charge is -2.35. The Hall–Kier alpha value is -3.99. The summed E-state index contributed by atoms with van der Waals surface area (Å²) in [7, 11) is 0. The number of aromatic amines is 1. The molecule has 0 spiro atoms. The third-order valence-corrected chi connectivity index (χ3v) is 5.25. The Morgan fingerprint density at radius 1 is 1.23 bits per heavy atom. The number of anilines is 2. The molecule has 0 atom stereocenters. The molecule has 1 fully saturated rings. The van der Waals surface area contributed by atoms with Crippen molar-refractivity contribution in [3.63, 3.8) is 0 Å². The van der Waals surface area contributed by atoms with Gasteiger partial charge >= 0.3 is 6.18 Å². The number of rotatable bonds is 9. The molecule has 0 radical (unpaired) electrons. The molecule has 1 aliphatic heterocycles. The number of amides is 1. The zero-order valence-electron chi connectivity index (χ0n) is 18.6. The van der Waals surface area contributed by atoms with Crippen LogP contribution in [0.15, 0.2) is 29.3 Å². The third-order valence-electron chi connectivity index (χ3n) is 5.25. The lowest BCUT2D eigenvalue weighted by Crippen LogP contribution is -2.49. The molecule has 0 saturated carbocycles. The maximum absolute atomic E-state index is 12.8. The number of halogens is 3. The minimum atomic E-state index is -4.98. The zero-order chi connectivity index (χ0) is 25.4. The van der Waals surface area contributed by atoms with Gasteiger partial charge in [0.2, 0.25) is 5.91 Å². The second-order valence-corrected chi connectivity index (χ2v) is 7.53. The molecule has 186 valence electrons. The standard InChI is InChI=1S/C21H23F3N8O3/c22-21(23,24)19(26)18-15(13-29-30-20(18)34)27-4-10-35-9-3-17(33)32-7-5-31(6-8-32)16-2-1-14(11-25)12-28-16/h1-2,12-13,26H,3-10H2,(H2,27,30,34). The van der Waals surface area contributed by atoms with Crippen LogP contribution >= 0.6 is 0 Å². The summed E-state index contributed by atoms with van der Waals surface area (Å²) < 4.78 is 43.9. The number of piperazine rings is 1. The number of alkyl halides is 3. The fourth-order valence-corrected chi connectivity index (χ4v) is 3.42. The topological polar surface area (TPSA) is 151 Å². The second-order valence-electron chi connectivity index (χ2n) is 7.53. The molecule has 3 heterocycles. The number of pyridine rings is 1. The number of nitriles is 1. The van der Waals surface area contributed by atoms with E-state index in [1.54, 1.807) is 17.0 Å². The minimum absolute atomic E-state index is 0.0493. The molecule has 1 saturated heterocycles. The number of nitrogens with one attached hydrogen (secondary N) is 3. The van der Waals surface area contributed by atoms with Gasteiger partial charge in [-0.15, -0.1) is 0 Å². The lowest BCUT2D eigenvalue weighted by molar-refractivity contribution is -0.132. The monoisotopic (exact) mass is 492 g/mol. The molecule has 14 heteroatoms. The van der Waals surface area contributed by atoms with E-state index in [0.29, 0.717) is 31.7 Å². The van der Waals surface area contributed by atoms with Gasteiger partial charge in [0.1, 0.15) is 11.9 Å². The van der Waals surface area contributed by atoms with Crippen molar-refractivity contribution < 1.29 is 22.7 Å². The van der Waals surface area contributed by atoms with Gasteiger partial charge in [-0.05, 0) is 12.1 Å². The average molecular weight is 492 g/mol. The first-order chi connectivity index (χ1) is 16.7. The third kappa shape index (κ3) is 6.76. The maximum atomic E-state index is 12.8. The van der Waals surface area contributed by atoms with Gasteiger partial charge in [0, 0.05) is 38.9 Å². The highest BCUT2D eigenvalue weighted by atomic mass is 19.4. The van der Waals surface area contributed by atoms with Crippen molar-refractivity contribution in [2.24, 2.45) is 0 Å².